The second kappa shape index (κ2) is 4.94. The van der Waals surface area contributed by atoms with Gasteiger partial charge in [-0.15, -0.1) is 5.10 Å². The lowest BCUT2D eigenvalue weighted by atomic mass is 10.1. The zero-order chi connectivity index (χ0) is 11.4. The van der Waals surface area contributed by atoms with Crippen molar-refractivity contribution in [1.82, 2.24) is 15.0 Å². The third kappa shape index (κ3) is 2.93. The quantitative estimate of drug-likeness (QED) is 0.816. The average Bonchev–Trinajstić information content (AvgIpc) is 2.87. The van der Waals surface area contributed by atoms with Crippen molar-refractivity contribution < 1.29 is 9.52 Å². The van der Waals surface area contributed by atoms with Crippen LogP contribution in [0.1, 0.15) is 17.9 Å². The molecular weight excluding hydrogens is 206 g/mol. The molecule has 0 fully saturated rings. The Bertz CT molecular complexity index is 422. The number of aryl methyl sites for hydroxylation is 2. The van der Waals surface area contributed by atoms with E-state index in [1.165, 1.54) is 0 Å². The molecule has 5 heteroatoms. The van der Waals surface area contributed by atoms with E-state index < -0.39 is 6.10 Å². The first-order valence-corrected chi connectivity index (χ1v) is 5.29. The summed E-state index contributed by atoms with van der Waals surface area (Å²) in [6, 6.07) is 3.76. The summed E-state index contributed by atoms with van der Waals surface area (Å²) in [4.78, 5) is 0. The van der Waals surface area contributed by atoms with Gasteiger partial charge in [0, 0.05) is 26.1 Å². The Morgan fingerprint density at radius 2 is 2.44 bits per heavy atom. The summed E-state index contributed by atoms with van der Waals surface area (Å²) in [6.07, 6.45) is 5.01. The second-order valence-electron chi connectivity index (χ2n) is 3.86. The van der Waals surface area contributed by atoms with E-state index in [2.05, 4.69) is 10.3 Å². The molecule has 0 bridgehead atoms. The van der Waals surface area contributed by atoms with E-state index in [0.717, 1.165) is 17.9 Å². The Morgan fingerprint density at radius 3 is 3.06 bits per heavy atom. The van der Waals surface area contributed by atoms with Crippen molar-refractivity contribution >= 4 is 0 Å². The maximum Gasteiger partial charge on any atom is 0.103 e. The molecule has 0 amide bonds. The summed E-state index contributed by atoms with van der Waals surface area (Å²) in [5, 5.41) is 17.5. The van der Waals surface area contributed by atoms with Crippen LogP contribution in [0.4, 0.5) is 0 Å². The molecule has 2 heterocycles. The molecule has 1 N–H and O–H groups in total. The SMILES string of the molecule is Cn1cc(CC(O)CCc2ccco2)nn1. The van der Waals surface area contributed by atoms with Crippen molar-refractivity contribution in [3.05, 3.63) is 36.0 Å². The summed E-state index contributed by atoms with van der Waals surface area (Å²) < 4.78 is 6.83. The molecule has 16 heavy (non-hydrogen) atoms. The molecule has 0 spiro atoms. The standard InChI is InChI=1S/C11H15N3O2/c1-14-8-9(12-13-14)7-10(15)4-5-11-3-2-6-16-11/h2-3,6,8,10,15H,4-5,7H2,1H3. The maximum absolute atomic E-state index is 9.79. The topological polar surface area (TPSA) is 64.1 Å². The van der Waals surface area contributed by atoms with Crippen LogP contribution in [-0.4, -0.2) is 26.2 Å². The number of hydrogen-bond donors (Lipinski definition) is 1. The van der Waals surface area contributed by atoms with Gasteiger partial charge in [-0.3, -0.25) is 4.68 Å². The Morgan fingerprint density at radius 1 is 1.56 bits per heavy atom. The monoisotopic (exact) mass is 221 g/mol. The van der Waals surface area contributed by atoms with Gasteiger partial charge in [-0.05, 0) is 18.6 Å². The zero-order valence-corrected chi connectivity index (χ0v) is 9.21. The smallest absolute Gasteiger partial charge is 0.103 e. The van der Waals surface area contributed by atoms with Crippen molar-refractivity contribution in [2.24, 2.45) is 7.05 Å². The number of rotatable bonds is 5. The van der Waals surface area contributed by atoms with Gasteiger partial charge in [-0.2, -0.15) is 0 Å². The second-order valence-corrected chi connectivity index (χ2v) is 3.86. The van der Waals surface area contributed by atoms with Crippen LogP contribution in [0.25, 0.3) is 0 Å². The molecule has 0 radical (unpaired) electrons. The number of hydrogen-bond acceptors (Lipinski definition) is 4. The lowest BCUT2D eigenvalue weighted by molar-refractivity contribution is 0.161. The van der Waals surface area contributed by atoms with Crippen LogP contribution < -0.4 is 0 Å². The zero-order valence-electron chi connectivity index (χ0n) is 9.21. The molecule has 0 saturated carbocycles. The Labute approximate surface area is 93.7 Å². The molecule has 2 aromatic heterocycles. The molecular formula is C11H15N3O2. The predicted octanol–water partition coefficient (Wildman–Crippen LogP) is 0.944. The molecule has 2 aromatic rings. The highest BCUT2D eigenvalue weighted by molar-refractivity contribution is 4.99. The fourth-order valence-corrected chi connectivity index (χ4v) is 1.60. The average molecular weight is 221 g/mol. The van der Waals surface area contributed by atoms with Crippen molar-refractivity contribution in [1.29, 1.82) is 0 Å². The Hall–Kier alpha value is -1.62. The summed E-state index contributed by atoms with van der Waals surface area (Å²) in [6.45, 7) is 0. The first-order chi connectivity index (χ1) is 7.74. The molecule has 5 nitrogen and oxygen atoms in total. The van der Waals surface area contributed by atoms with Crippen molar-refractivity contribution in [3.63, 3.8) is 0 Å². The first kappa shape index (κ1) is 10.9. The predicted molar refractivity (Wildman–Crippen MR) is 57.7 cm³/mol. The molecule has 0 saturated heterocycles. The number of aliphatic hydroxyl groups excluding tert-OH is 1. The largest absolute Gasteiger partial charge is 0.469 e. The van der Waals surface area contributed by atoms with E-state index in [4.69, 9.17) is 4.42 Å². The number of aliphatic hydroxyl groups is 1. The van der Waals surface area contributed by atoms with Crippen LogP contribution in [0, 0.1) is 0 Å². The number of aromatic nitrogens is 3. The van der Waals surface area contributed by atoms with Gasteiger partial charge in [0.2, 0.25) is 0 Å². The molecule has 86 valence electrons. The van der Waals surface area contributed by atoms with Gasteiger partial charge in [0.25, 0.3) is 0 Å². The third-order valence-corrected chi connectivity index (χ3v) is 2.40. The molecule has 2 rings (SSSR count). The lowest BCUT2D eigenvalue weighted by Crippen LogP contribution is -2.11. The van der Waals surface area contributed by atoms with E-state index in [-0.39, 0.29) is 0 Å². The van der Waals surface area contributed by atoms with Gasteiger partial charge in [0.1, 0.15) is 5.76 Å². The summed E-state index contributed by atoms with van der Waals surface area (Å²) in [5.41, 5.74) is 0.814. The minimum atomic E-state index is -0.401. The molecule has 0 aliphatic rings. The van der Waals surface area contributed by atoms with Crippen LogP contribution in [0.15, 0.2) is 29.0 Å². The third-order valence-electron chi connectivity index (χ3n) is 2.40. The highest BCUT2D eigenvalue weighted by atomic mass is 16.3. The van der Waals surface area contributed by atoms with Gasteiger partial charge in [0.05, 0.1) is 18.1 Å². The van der Waals surface area contributed by atoms with Crippen molar-refractivity contribution in [2.45, 2.75) is 25.4 Å². The van der Waals surface area contributed by atoms with Crippen molar-refractivity contribution in [3.8, 4) is 0 Å². The molecule has 0 aliphatic heterocycles. The van der Waals surface area contributed by atoms with Gasteiger partial charge in [0.15, 0.2) is 0 Å². The number of furan rings is 1. The van der Waals surface area contributed by atoms with Crippen LogP contribution in [0.3, 0.4) is 0 Å². The van der Waals surface area contributed by atoms with E-state index in [9.17, 15) is 5.11 Å². The van der Waals surface area contributed by atoms with E-state index in [1.807, 2.05) is 25.4 Å². The highest BCUT2D eigenvalue weighted by Gasteiger charge is 2.09. The molecule has 1 unspecified atom stereocenters. The number of nitrogens with zero attached hydrogens (tertiary/aromatic N) is 3. The highest BCUT2D eigenvalue weighted by Crippen LogP contribution is 2.08. The van der Waals surface area contributed by atoms with Gasteiger partial charge in [-0.1, -0.05) is 5.21 Å². The lowest BCUT2D eigenvalue weighted by Gasteiger charge is -2.06. The van der Waals surface area contributed by atoms with E-state index in [0.29, 0.717) is 12.8 Å². The van der Waals surface area contributed by atoms with E-state index in [1.54, 1.807) is 10.9 Å². The summed E-state index contributed by atoms with van der Waals surface area (Å²) >= 11 is 0. The molecule has 0 aliphatic carbocycles. The van der Waals surface area contributed by atoms with Crippen molar-refractivity contribution in [2.75, 3.05) is 0 Å². The van der Waals surface area contributed by atoms with Crippen LogP contribution in [-0.2, 0) is 19.9 Å². The summed E-state index contributed by atoms with van der Waals surface area (Å²) in [7, 11) is 1.81. The minimum Gasteiger partial charge on any atom is -0.469 e. The minimum absolute atomic E-state index is 0.401. The molecule has 0 aromatic carbocycles. The first-order valence-electron chi connectivity index (χ1n) is 5.29. The van der Waals surface area contributed by atoms with Crippen LogP contribution in [0.5, 0.6) is 0 Å². The normalized spacial score (nSPS) is 12.9. The maximum atomic E-state index is 9.79. The Balaban J connectivity index is 1.78. The Kier molecular flexibility index (Phi) is 3.36. The fraction of sp³-hybridized carbons (Fsp3) is 0.455. The van der Waals surface area contributed by atoms with Gasteiger partial charge >= 0.3 is 0 Å². The van der Waals surface area contributed by atoms with E-state index >= 15 is 0 Å². The molecule has 1 atom stereocenters. The van der Waals surface area contributed by atoms with Crippen LogP contribution in [0.2, 0.25) is 0 Å². The van der Waals surface area contributed by atoms with Gasteiger partial charge in [-0.25, -0.2) is 0 Å². The van der Waals surface area contributed by atoms with Gasteiger partial charge < -0.3 is 9.52 Å². The summed E-state index contributed by atoms with van der Waals surface area (Å²) in [5.74, 6) is 0.901. The fourth-order valence-electron chi connectivity index (χ4n) is 1.60. The van der Waals surface area contributed by atoms with Crippen LogP contribution >= 0.6 is 0 Å².